The minimum atomic E-state index is -0.314. The Morgan fingerprint density at radius 3 is 2.32 bits per heavy atom. The Bertz CT molecular complexity index is 1100. The summed E-state index contributed by atoms with van der Waals surface area (Å²) in [6, 6.07) is 20.9. The maximum atomic E-state index is 13.0. The zero-order valence-corrected chi connectivity index (χ0v) is 15.7. The highest BCUT2D eigenvalue weighted by Crippen LogP contribution is 2.33. The first-order valence-electron chi connectivity index (χ1n) is 9.13. The van der Waals surface area contributed by atoms with E-state index in [9.17, 15) is 9.59 Å². The highest BCUT2D eigenvalue weighted by atomic mass is 16.5. The first kappa shape index (κ1) is 17.8. The third-order valence-corrected chi connectivity index (χ3v) is 4.91. The van der Waals surface area contributed by atoms with E-state index in [1.54, 1.807) is 38.3 Å². The van der Waals surface area contributed by atoms with Crippen LogP contribution in [0.2, 0.25) is 0 Å². The molecule has 1 aliphatic heterocycles. The van der Waals surface area contributed by atoms with E-state index in [1.807, 2.05) is 42.5 Å². The van der Waals surface area contributed by atoms with Crippen molar-refractivity contribution in [1.82, 2.24) is 4.90 Å². The average molecular weight is 372 g/mol. The van der Waals surface area contributed by atoms with Crippen molar-refractivity contribution in [1.29, 1.82) is 0 Å². The van der Waals surface area contributed by atoms with Crippen LogP contribution in [0.4, 0.5) is 5.69 Å². The van der Waals surface area contributed by atoms with Crippen LogP contribution in [0.5, 0.6) is 5.75 Å². The molecular formula is C23H20N2O3. The summed E-state index contributed by atoms with van der Waals surface area (Å²) in [6.07, 6.45) is 0. The van der Waals surface area contributed by atoms with Crippen LogP contribution in [0.15, 0.2) is 72.4 Å². The molecule has 4 rings (SSSR count). The second-order valence-electron chi connectivity index (χ2n) is 6.48. The van der Waals surface area contributed by atoms with Crippen LogP contribution in [0.25, 0.3) is 16.3 Å². The van der Waals surface area contributed by atoms with Crippen molar-refractivity contribution in [2.24, 2.45) is 0 Å². The van der Waals surface area contributed by atoms with Gasteiger partial charge in [-0.25, -0.2) is 0 Å². The first-order chi connectivity index (χ1) is 13.6. The van der Waals surface area contributed by atoms with Gasteiger partial charge in [0.15, 0.2) is 0 Å². The quantitative estimate of drug-likeness (QED) is 0.686. The second-order valence-corrected chi connectivity index (χ2v) is 6.48. The summed E-state index contributed by atoms with van der Waals surface area (Å²) in [5, 5.41) is 5.29. The molecule has 1 aliphatic rings. The molecule has 3 aromatic rings. The van der Waals surface area contributed by atoms with E-state index in [2.05, 4.69) is 5.32 Å². The molecule has 140 valence electrons. The summed E-state index contributed by atoms with van der Waals surface area (Å²) in [4.78, 5) is 27.2. The number of carbonyl (C=O) groups excluding carboxylic acids is 2. The smallest absolute Gasteiger partial charge is 0.278 e. The van der Waals surface area contributed by atoms with Gasteiger partial charge in [0.1, 0.15) is 11.4 Å². The van der Waals surface area contributed by atoms with Crippen LogP contribution in [-0.2, 0) is 9.59 Å². The summed E-state index contributed by atoms with van der Waals surface area (Å²) in [6.45, 7) is 2.11. The largest absolute Gasteiger partial charge is 0.497 e. The van der Waals surface area contributed by atoms with E-state index in [1.165, 1.54) is 4.90 Å². The van der Waals surface area contributed by atoms with Crippen LogP contribution in [-0.4, -0.2) is 30.4 Å². The number of imide groups is 1. The van der Waals surface area contributed by atoms with Crippen LogP contribution in [0.3, 0.4) is 0 Å². The van der Waals surface area contributed by atoms with Gasteiger partial charge in [0.05, 0.1) is 12.7 Å². The molecule has 5 heteroatoms. The van der Waals surface area contributed by atoms with Gasteiger partial charge < -0.3 is 10.1 Å². The lowest BCUT2D eigenvalue weighted by molar-refractivity contribution is -0.136. The molecule has 0 aliphatic carbocycles. The molecule has 1 heterocycles. The number of carbonyl (C=O) groups is 2. The molecule has 0 saturated heterocycles. The van der Waals surface area contributed by atoms with Crippen molar-refractivity contribution >= 4 is 33.8 Å². The fraction of sp³-hybridized carbons (Fsp3) is 0.130. The monoisotopic (exact) mass is 372 g/mol. The SMILES string of the molecule is CCN1C(=O)C(Nc2cccc3ccccc23)=C(c2ccc(OC)cc2)C1=O. The van der Waals surface area contributed by atoms with Crippen molar-refractivity contribution in [2.45, 2.75) is 6.92 Å². The lowest BCUT2D eigenvalue weighted by Gasteiger charge is -2.13. The minimum Gasteiger partial charge on any atom is -0.497 e. The standard InChI is InChI=1S/C23H20N2O3/c1-3-25-22(26)20(16-11-13-17(28-2)14-12-16)21(23(25)27)24-19-10-6-8-15-7-4-5-9-18(15)19/h4-14,24H,3H2,1-2H3. The Kier molecular flexibility index (Phi) is 4.57. The molecule has 0 bridgehead atoms. The van der Waals surface area contributed by atoms with Crippen LogP contribution >= 0.6 is 0 Å². The maximum Gasteiger partial charge on any atom is 0.278 e. The Hall–Kier alpha value is -3.60. The molecule has 3 aromatic carbocycles. The van der Waals surface area contributed by atoms with Crippen molar-refractivity contribution < 1.29 is 14.3 Å². The van der Waals surface area contributed by atoms with Gasteiger partial charge in [-0.15, -0.1) is 0 Å². The molecule has 1 N–H and O–H groups in total. The van der Waals surface area contributed by atoms with Gasteiger partial charge >= 0.3 is 0 Å². The highest BCUT2D eigenvalue weighted by molar-refractivity contribution is 6.36. The van der Waals surface area contributed by atoms with Gasteiger partial charge in [0, 0.05) is 17.6 Å². The molecule has 0 radical (unpaired) electrons. The molecule has 5 nitrogen and oxygen atoms in total. The zero-order chi connectivity index (χ0) is 19.7. The molecular weight excluding hydrogens is 352 g/mol. The fourth-order valence-electron chi connectivity index (χ4n) is 3.47. The number of benzene rings is 3. The van der Waals surface area contributed by atoms with Crippen molar-refractivity contribution in [3.05, 3.63) is 78.0 Å². The zero-order valence-electron chi connectivity index (χ0n) is 15.7. The molecule has 0 fully saturated rings. The number of hydrogen-bond donors (Lipinski definition) is 1. The Labute approximate surface area is 163 Å². The van der Waals surface area contributed by atoms with Gasteiger partial charge in [0.2, 0.25) is 0 Å². The first-order valence-corrected chi connectivity index (χ1v) is 9.13. The van der Waals surface area contributed by atoms with Gasteiger partial charge in [-0.05, 0) is 36.1 Å². The predicted molar refractivity (Wildman–Crippen MR) is 110 cm³/mol. The van der Waals surface area contributed by atoms with E-state index in [0.717, 1.165) is 16.5 Å². The summed E-state index contributed by atoms with van der Waals surface area (Å²) in [5.74, 6) is 0.0867. The number of hydrogen-bond acceptors (Lipinski definition) is 4. The molecule has 0 aromatic heterocycles. The number of fused-ring (bicyclic) bond motifs is 1. The minimum absolute atomic E-state index is 0.291. The van der Waals surface area contributed by atoms with Crippen molar-refractivity contribution in [2.75, 3.05) is 19.0 Å². The number of methoxy groups -OCH3 is 1. The number of nitrogens with one attached hydrogen (secondary N) is 1. The van der Waals surface area contributed by atoms with Crippen LogP contribution < -0.4 is 10.1 Å². The van der Waals surface area contributed by atoms with Crippen LogP contribution in [0.1, 0.15) is 12.5 Å². The maximum absolute atomic E-state index is 13.0. The molecule has 2 amide bonds. The highest BCUT2D eigenvalue weighted by Gasteiger charge is 2.38. The summed E-state index contributed by atoms with van der Waals surface area (Å²) in [7, 11) is 1.59. The van der Waals surface area contributed by atoms with Gasteiger partial charge in [-0.2, -0.15) is 0 Å². The van der Waals surface area contributed by atoms with Crippen molar-refractivity contribution in [3.63, 3.8) is 0 Å². The average Bonchev–Trinajstić information content (AvgIpc) is 2.97. The number of amides is 2. The Morgan fingerprint density at radius 1 is 0.893 bits per heavy atom. The predicted octanol–water partition coefficient (Wildman–Crippen LogP) is 4.06. The fourth-order valence-corrected chi connectivity index (χ4v) is 3.47. The van der Waals surface area contributed by atoms with E-state index >= 15 is 0 Å². The van der Waals surface area contributed by atoms with E-state index < -0.39 is 0 Å². The number of anilines is 1. The van der Waals surface area contributed by atoms with E-state index in [-0.39, 0.29) is 11.8 Å². The Morgan fingerprint density at radius 2 is 1.61 bits per heavy atom. The second kappa shape index (κ2) is 7.19. The van der Waals surface area contributed by atoms with Gasteiger partial charge in [0.25, 0.3) is 11.8 Å². The molecule has 0 saturated carbocycles. The lowest BCUT2D eigenvalue weighted by atomic mass is 10.0. The number of rotatable bonds is 5. The molecule has 0 atom stereocenters. The van der Waals surface area contributed by atoms with Gasteiger partial charge in [-0.1, -0.05) is 48.5 Å². The number of likely N-dealkylation sites (N-methyl/N-ethyl adjacent to an activating group) is 1. The van der Waals surface area contributed by atoms with E-state index in [0.29, 0.717) is 29.1 Å². The molecule has 28 heavy (non-hydrogen) atoms. The number of ether oxygens (including phenoxy) is 1. The van der Waals surface area contributed by atoms with Crippen molar-refractivity contribution in [3.8, 4) is 5.75 Å². The topological polar surface area (TPSA) is 58.6 Å². The lowest BCUT2D eigenvalue weighted by Crippen LogP contribution is -2.32. The summed E-state index contributed by atoms with van der Waals surface area (Å²) < 4.78 is 5.20. The summed E-state index contributed by atoms with van der Waals surface area (Å²) >= 11 is 0. The van der Waals surface area contributed by atoms with Gasteiger partial charge in [-0.3, -0.25) is 14.5 Å². The molecule has 0 spiro atoms. The summed E-state index contributed by atoms with van der Waals surface area (Å²) in [5.41, 5.74) is 2.15. The molecule has 0 unspecified atom stereocenters. The number of nitrogens with zero attached hydrogens (tertiary/aromatic N) is 1. The van der Waals surface area contributed by atoms with E-state index in [4.69, 9.17) is 4.74 Å². The van der Waals surface area contributed by atoms with Crippen LogP contribution in [0, 0.1) is 0 Å². The Balaban J connectivity index is 1.84. The third-order valence-electron chi connectivity index (χ3n) is 4.91. The normalized spacial score (nSPS) is 14.1. The third kappa shape index (κ3) is 2.91.